The van der Waals surface area contributed by atoms with Gasteiger partial charge in [-0.2, -0.15) is 5.10 Å². The molecule has 5 aromatic rings. The number of amides is 3. The predicted octanol–water partition coefficient (Wildman–Crippen LogP) is 6.50. The van der Waals surface area contributed by atoms with Gasteiger partial charge in [0.1, 0.15) is 29.7 Å². The Morgan fingerprint density at radius 3 is 1.56 bits per heavy atom. The largest absolute Gasteiger partial charge is 0.437 e. The first-order valence-corrected chi connectivity index (χ1v) is 25.6. The van der Waals surface area contributed by atoms with Crippen molar-refractivity contribution in [3.8, 4) is 0 Å². The number of aryl methyl sites for hydroxylation is 1. The van der Waals surface area contributed by atoms with E-state index in [4.69, 9.17) is 17.3 Å². The number of nitrogens with one attached hydrogen (secondary N) is 1. The second-order valence-corrected chi connectivity index (χ2v) is 19.3. The first kappa shape index (κ1) is 58.3. The first-order valence-electron chi connectivity index (χ1n) is 25.2. The van der Waals surface area contributed by atoms with Crippen molar-refractivity contribution < 1.29 is 29.3 Å². The Labute approximate surface area is 451 Å². The van der Waals surface area contributed by atoms with E-state index in [1.54, 1.807) is 51.7 Å². The Balaban J connectivity index is 0.000000169. The molecule has 0 bridgehead atoms. The fraction of sp³-hybridized carbons (Fsp3) is 0.404. The Morgan fingerprint density at radius 1 is 0.688 bits per heavy atom. The molecule has 77 heavy (non-hydrogen) atoms. The lowest BCUT2D eigenvalue weighted by molar-refractivity contribution is -0.389. The van der Waals surface area contributed by atoms with E-state index < -0.39 is 16.9 Å². The smallest absolute Gasteiger partial charge is 0.376 e. The lowest BCUT2D eigenvalue weighted by Gasteiger charge is -2.31. The van der Waals surface area contributed by atoms with Gasteiger partial charge >= 0.3 is 18.7 Å². The van der Waals surface area contributed by atoms with E-state index in [1.165, 1.54) is 40.8 Å². The van der Waals surface area contributed by atoms with Gasteiger partial charge in [-0.1, -0.05) is 35.9 Å². The molecule has 23 nitrogen and oxygen atoms in total. The number of hydrogen-bond donors (Lipinski definition) is 3. The van der Waals surface area contributed by atoms with Gasteiger partial charge in [-0.3, -0.25) is 19.2 Å². The van der Waals surface area contributed by atoms with Crippen LogP contribution in [0.1, 0.15) is 93.4 Å². The lowest BCUT2D eigenvalue weighted by Crippen LogP contribution is -2.39. The number of carbonyl (C=O) groups is 3. The summed E-state index contributed by atoms with van der Waals surface area (Å²) in [5, 5.41) is 37.5. The normalized spacial score (nSPS) is 15.9. The highest BCUT2D eigenvalue weighted by atomic mass is 35.5. The molecule has 25 heteroatoms. The maximum Gasteiger partial charge on any atom is 0.376 e. The highest BCUT2D eigenvalue weighted by Gasteiger charge is 2.25. The van der Waals surface area contributed by atoms with E-state index in [-0.39, 0.29) is 40.1 Å². The van der Waals surface area contributed by atoms with Gasteiger partial charge in [0.2, 0.25) is 17.7 Å². The number of aromatic nitrogens is 6. The fourth-order valence-corrected chi connectivity index (χ4v) is 9.33. The lowest BCUT2D eigenvalue weighted by atomic mass is 9.82. The minimum atomic E-state index is -0.517. The number of rotatable bonds is 9. The first-order chi connectivity index (χ1) is 36.8. The number of nitrogens with zero attached hydrogens (tertiary/aromatic N) is 12. The highest BCUT2D eigenvalue weighted by Crippen LogP contribution is 2.30. The molecule has 4 aliphatic rings. The standard InChI is InChI=1S/C17H20ClN5O2.C12H13N3O3.C12H17N3O.C11H14BN3O3/c1-11(24)23-7-5-12(6-8-23)13-3-4-16(19-10-13)20-14-9-15(18)21-22(2)17(14)25;1-9(16)14-6-4-10(5-7-14)11-2-3-12(13-8-11)15(17)18;1-9(16)15-6-4-10(5-7-15)11-2-3-12(13)14-8-11;1-12(16)14-6-4-9(5-7-14)10-2-3-11(13-8-10)15(17)18/h3-4,9-10,12H,5-8H2,1-2H3,(H,19,20);2-4,8H,5-7H2,1H3;2-3,8,10H,4-7H2,1H3,(H2,13,14);2-4,8,16H,5-7H2,1H3. The molecule has 5 aromatic heterocycles. The van der Waals surface area contributed by atoms with E-state index in [1.807, 2.05) is 63.4 Å². The molecule has 9 rings (SSSR count). The zero-order valence-corrected chi connectivity index (χ0v) is 44.6. The van der Waals surface area contributed by atoms with Crippen molar-refractivity contribution >= 4 is 76.5 Å². The molecule has 2 saturated heterocycles. The van der Waals surface area contributed by atoms with Crippen LogP contribution >= 0.6 is 11.6 Å². The molecule has 0 spiro atoms. The quantitative estimate of drug-likeness (QED) is 0.0806. The van der Waals surface area contributed by atoms with Crippen molar-refractivity contribution in [1.82, 2.24) is 49.2 Å². The van der Waals surface area contributed by atoms with Crippen LogP contribution in [0, 0.1) is 20.2 Å². The summed E-state index contributed by atoms with van der Waals surface area (Å²) in [4.78, 5) is 89.3. The number of nitrogen functional groups attached to an aromatic ring is 1. The summed E-state index contributed by atoms with van der Waals surface area (Å²) in [6, 6.07) is 15.4. The van der Waals surface area contributed by atoms with Crippen molar-refractivity contribution in [2.45, 2.75) is 78.0 Å². The predicted molar refractivity (Wildman–Crippen MR) is 294 cm³/mol. The summed E-state index contributed by atoms with van der Waals surface area (Å²) in [7, 11) is 1.10. The maximum absolute atomic E-state index is 12.0. The van der Waals surface area contributed by atoms with Crippen LogP contribution < -0.4 is 16.6 Å². The van der Waals surface area contributed by atoms with Gasteiger partial charge in [-0.25, -0.2) is 14.6 Å². The van der Waals surface area contributed by atoms with E-state index in [0.29, 0.717) is 48.8 Å². The minimum Gasteiger partial charge on any atom is -0.437 e. The van der Waals surface area contributed by atoms with Crippen LogP contribution in [0.25, 0.3) is 11.1 Å². The second-order valence-electron chi connectivity index (χ2n) is 18.9. The third-order valence-corrected chi connectivity index (χ3v) is 13.9. The maximum atomic E-state index is 12.0. The molecule has 406 valence electrons. The number of anilines is 3. The molecule has 0 atom stereocenters. The second kappa shape index (κ2) is 27.7. The summed E-state index contributed by atoms with van der Waals surface area (Å²) >= 11 is 5.89. The van der Waals surface area contributed by atoms with Gasteiger partial charge in [0, 0.05) is 115 Å². The molecule has 2 fully saturated rings. The van der Waals surface area contributed by atoms with Gasteiger partial charge in [0.05, 0.1) is 0 Å². The third-order valence-electron chi connectivity index (χ3n) is 13.7. The molecule has 0 radical (unpaired) electrons. The van der Waals surface area contributed by atoms with Crippen molar-refractivity contribution in [2.75, 3.05) is 63.4 Å². The van der Waals surface area contributed by atoms with E-state index >= 15 is 0 Å². The van der Waals surface area contributed by atoms with Gasteiger partial charge in [-0.15, -0.1) is 0 Å². The number of hydrogen-bond acceptors (Lipinski definition) is 17. The molecule has 0 aromatic carbocycles. The van der Waals surface area contributed by atoms with Gasteiger partial charge < -0.3 is 55.8 Å². The molecule has 9 heterocycles. The zero-order chi connectivity index (χ0) is 55.8. The van der Waals surface area contributed by atoms with E-state index in [0.717, 1.165) is 99.1 Å². The number of carbonyl (C=O) groups excluding carboxylic acids is 3. The average Bonchev–Trinajstić information content (AvgIpc) is 3.44. The monoisotopic (exact) mass is 1070 g/mol. The van der Waals surface area contributed by atoms with Crippen molar-refractivity contribution in [3.63, 3.8) is 0 Å². The van der Waals surface area contributed by atoms with Gasteiger partial charge in [0.25, 0.3) is 5.56 Å². The topological polar surface area (TPSA) is 295 Å². The van der Waals surface area contributed by atoms with Crippen LogP contribution in [0.4, 0.5) is 29.0 Å². The summed E-state index contributed by atoms with van der Waals surface area (Å²) in [6.45, 7) is 12.5. The highest BCUT2D eigenvalue weighted by molar-refractivity contribution is 6.45. The van der Waals surface area contributed by atoms with Crippen LogP contribution in [0.2, 0.25) is 12.0 Å². The van der Waals surface area contributed by atoms with E-state index in [9.17, 15) is 44.4 Å². The van der Waals surface area contributed by atoms with Crippen molar-refractivity contribution in [3.05, 3.63) is 150 Å². The SMILES string of the molecule is CB(O)N1CC=C(c2ccc([N+](=O)[O-])nc2)CC1.CC(=O)N1CC=C(c2ccc([N+](=O)[O-])nc2)CC1.CC(=O)N1CCC(c2ccc(N)nc2)CC1.CC(=O)N1CCC(c2ccc(Nc3cc(Cl)nn(C)c3=O)nc2)CC1. The number of nitro groups is 2. The summed E-state index contributed by atoms with van der Waals surface area (Å²) in [5.74, 6) is 2.13. The number of likely N-dealkylation sites (tertiary alicyclic amines) is 2. The van der Waals surface area contributed by atoms with Crippen LogP contribution in [0.5, 0.6) is 0 Å². The third kappa shape index (κ3) is 17.0. The molecular weight excluding hydrogens is 1010 g/mol. The molecule has 0 aliphatic carbocycles. The molecular formula is C52H64BClN14O9. The van der Waals surface area contributed by atoms with Crippen LogP contribution in [0.3, 0.4) is 0 Å². The molecule has 4 aliphatic heterocycles. The number of nitrogens with two attached hydrogens (primary N) is 1. The fourth-order valence-electron chi connectivity index (χ4n) is 9.11. The minimum absolute atomic E-state index is 0.0622. The molecule has 0 unspecified atom stereocenters. The Hall–Kier alpha value is -7.96. The summed E-state index contributed by atoms with van der Waals surface area (Å²) in [5.41, 5.74) is 12.0. The van der Waals surface area contributed by atoms with Gasteiger partial charge in [-0.05, 0) is 130 Å². The van der Waals surface area contributed by atoms with Gasteiger partial charge in [0.15, 0.2) is 5.15 Å². The van der Waals surface area contributed by atoms with Crippen LogP contribution in [0.15, 0.2) is 96.3 Å². The summed E-state index contributed by atoms with van der Waals surface area (Å²) in [6.07, 6.45) is 16.2. The summed E-state index contributed by atoms with van der Waals surface area (Å²) < 4.78 is 1.18. The van der Waals surface area contributed by atoms with Crippen molar-refractivity contribution in [2.24, 2.45) is 7.05 Å². The Bertz CT molecular complexity index is 2960. The Kier molecular flexibility index (Phi) is 21.0. The molecule has 4 N–H and O–H groups in total. The Morgan fingerprint density at radius 2 is 1.18 bits per heavy atom. The average molecular weight is 1080 g/mol. The number of pyridine rings is 4. The number of halogens is 1. The zero-order valence-electron chi connectivity index (χ0n) is 43.8. The molecule has 0 saturated carbocycles. The van der Waals surface area contributed by atoms with Crippen LogP contribution in [-0.4, -0.2) is 141 Å². The van der Waals surface area contributed by atoms with Crippen LogP contribution in [-0.2, 0) is 21.4 Å². The van der Waals surface area contributed by atoms with Crippen molar-refractivity contribution in [1.29, 1.82) is 0 Å². The number of piperidine rings is 2. The van der Waals surface area contributed by atoms with E-state index in [2.05, 4.69) is 30.4 Å². The molecule has 3 amide bonds.